The quantitative estimate of drug-likeness (QED) is 0.679. The summed E-state index contributed by atoms with van der Waals surface area (Å²) in [7, 11) is 1.60. The fourth-order valence-electron chi connectivity index (χ4n) is 2.27. The van der Waals surface area contributed by atoms with Crippen LogP contribution in [0.25, 0.3) is 0 Å². The molecule has 0 aliphatic carbocycles. The fourth-order valence-corrected chi connectivity index (χ4v) is 2.27. The smallest absolute Gasteiger partial charge is 0.338 e. The topological polar surface area (TPSA) is 73.9 Å². The van der Waals surface area contributed by atoms with E-state index in [9.17, 15) is 9.59 Å². The first-order valence-electron chi connectivity index (χ1n) is 8.86. The minimum Gasteiger partial charge on any atom is -0.497 e. The monoisotopic (exact) mass is 371 g/mol. The molecule has 1 atom stereocenters. The number of ether oxygens (including phenoxy) is 3. The Morgan fingerprint density at radius 3 is 2.52 bits per heavy atom. The molecule has 1 amide bonds. The minimum atomic E-state index is -0.634. The molecule has 2 rings (SSSR count). The Morgan fingerprint density at radius 1 is 1.11 bits per heavy atom. The molecule has 0 saturated heterocycles. The van der Waals surface area contributed by atoms with Crippen molar-refractivity contribution in [3.63, 3.8) is 0 Å². The van der Waals surface area contributed by atoms with Crippen molar-refractivity contribution in [3.05, 3.63) is 59.7 Å². The molecule has 1 unspecified atom stereocenters. The minimum absolute atomic E-state index is 0.265. The van der Waals surface area contributed by atoms with E-state index in [1.54, 1.807) is 38.3 Å². The molecule has 0 radical (unpaired) electrons. The number of hydrogen-bond acceptors (Lipinski definition) is 5. The highest BCUT2D eigenvalue weighted by atomic mass is 16.5. The van der Waals surface area contributed by atoms with E-state index in [-0.39, 0.29) is 11.9 Å². The van der Waals surface area contributed by atoms with Crippen LogP contribution < -0.4 is 10.1 Å². The zero-order chi connectivity index (χ0) is 19.6. The van der Waals surface area contributed by atoms with Gasteiger partial charge in [0, 0.05) is 5.69 Å². The number of hydrogen-bond donors (Lipinski definition) is 1. The van der Waals surface area contributed by atoms with Crippen LogP contribution in [0.5, 0.6) is 5.75 Å². The van der Waals surface area contributed by atoms with Gasteiger partial charge in [0.25, 0.3) is 5.91 Å². The molecule has 0 aromatic heterocycles. The van der Waals surface area contributed by atoms with Crippen LogP contribution in [0.2, 0.25) is 0 Å². The first-order chi connectivity index (χ1) is 13.0. The van der Waals surface area contributed by atoms with Crippen LogP contribution in [0.3, 0.4) is 0 Å². The average Bonchev–Trinajstić information content (AvgIpc) is 2.70. The fraction of sp³-hybridized carbons (Fsp3) is 0.333. The van der Waals surface area contributed by atoms with Crippen molar-refractivity contribution in [1.82, 2.24) is 0 Å². The van der Waals surface area contributed by atoms with Gasteiger partial charge >= 0.3 is 5.97 Å². The number of esters is 1. The Bertz CT molecular complexity index is 757. The number of methoxy groups -OCH3 is 1. The highest BCUT2D eigenvalue weighted by Gasteiger charge is 2.14. The molecule has 0 aliphatic rings. The van der Waals surface area contributed by atoms with E-state index in [1.807, 2.05) is 31.2 Å². The van der Waals surface area contributed by atoms with E-state index in [0.29, 0.717) is 24.5 Å². The number of carbonyl (C=O) groups is 2. The second-order valence-electron chi connectivity index (χ2n) is 6.01. The molecular weight excluding hydrogens is 346 g/mol. The Labute approximate surface area is 159 Å². The van der Waals surface area contributed by atoms with Crippen LogP contribution in [0.15, 0.2) is 48.5 Å². The molecule has 0 fully saturated rings. The van der Waals surface area contributed by atoms with Crippen LogP contribution in [0.1, 0.15) is 36.2 Å². The lowest BCUT2D eigenvalue weighted by molar-refractivity contribution is -0.127. The van der Waals surface area contributed by atoms with E-state index < -0.39 is 6.10 Å². The number of carbonyl (C=O) groups excluding carboxylic acids is 2. The number of benzene rings is 2. The lowest BCUT2D eigenvalue weighted by Crippen LogP contribution is -2.27. The molecule has 0 bridgehead atoms. The lowest BCUT2D eigenvalue weighted by Gasteiger charge is -2.14. The summed E-state index contributed by atoms with van der Waals surface area (Å²) in [5, 5.41) is 2.77. The van der Waals surface area contributed by atoms with Gasteiger partial charge in [-0.15, -0.1) is 0 Å². The molecule has 6 nitrogen and oxygen atoms in total. The van der Waals surface area contributed by atoms with Crippen molar-refractivity contribution in [2.45, 2.75) is 33.0 Å². The van der Waals surface area contributed by atoms with E-state index in [2.05, 4.69) is 5.32 Å². The third kappa shape index (κ3) is 6.42. The van der Waals surface area contributed by atoms with E-state index in [1.165, 1.54) is 0 Å². The predicted octanol–water partition coefficient (Wildman–Crippen LogP) is 3.81. The maximum absolute atomic E-state index is 12.3. The Kier molecular flexibility index (Phi) is 7.82. The summed E-state index contributed by atoms with van der Waals surface area (Å²) < 4.78 is 15.9. The van der Waals surface area contributed by atoms with Gasteiger partial charge in [-0.2, -0.15) is 0 Å². The molecule has 0 heterocycles. The van der Waals surface area contributed by atoms with Crippen molar-refractivity contribution >= 4 is 17.6 Å². The second kappa shape index (κ2) is 10.3. The molecule has 0 spiro atoms. The van der Waals surface area contributed by atoms with Gasteiger partial charge in [-0.25, -0.2) is 4.79 Å². The normalized spacial score (nSPS) is 11.5. The molecule has 2 aromatic rings. The van der Waals surface area contributed by atoms with Gasteiger partial charge in [0.1, 0.15) is 11.9 Å². The Hall–Kier alpha value is -2.86. The van der Waals surface area contributed by atoms with Crippen LogP contribution >= 0.6 is 0 Å². The van der Waals surface area contributed by atoms with Crippen molar-refractivity contribution in [3.8, 4) is 5.75 Å². The SMILES string of the molecule is CCCOC(=O)c1ccc(NC(=O)C(C)OCc2cccc(OC)c2)cc1. The van der Waals surface area contributed by atoms with Gasteiger partial charge in [-0.3, -0.25) is 4.79 Å². The molecule has 144 valence electrons. The summed E-state index contributed by atoms with van der Waals surface area (Å²) in [6.07, 6.45) is 0.137. The number of rotatable bonds is 9. The van der Waals surface area contributed by atoms with Crippen molar-refractivity contribution < 1.29 is 23.8 Å². The first-order valence-corrected chi connectivity index (χ1v) is 8.86. The standard InChI is InChI=1S/C21H25NO5/c1-4-12-26-21(24)17-8-10-18(11-9-17)22-20(23)15(2)27-14-16-6-5-7-19(13-16)25-3/h5-11,13,15H,4,12,14H2,1-3H3,(H,22,23). The van der Waals surface area contributed by atoms with Crippen LogP contribution in [0.4, 0.5) is 5.69 Å². The Balaban J connectivity index is 1.85. The van der Waals surface area contributed by atoms with Crippen LogP contribution in [-0.2, 0) is 20.9 Å². The number of nitrogens with one attached hydrogen (secondary N) is 1. The van der Waals surface area contributed by atoms with Crippen LogP contribution in [-0.4, -0.2) is 31.7 Å². The van der Waals surface area contributed by atoms with Gasteiger partial charge in [0.05, 0.1) is 25.9 Å². The molecule has 0 saturated carbocycles. The van der Waals surface area contributed by atoms with Gasteiger partial charge in [-0.05, 0) is 55.3 Å². The average molecular weight is 371 g/mol. The highest BCUT2D eigenvalue weighted by molar-refractivity contribution is 5.95. The summed E-state index contributed by atoms with van der Waals surface area (Å²) in [6.45, 7) is 4.31. The van der Waals surface area contributed by atoms with Gasteiger partial charge in [0.2, 0.25) is 0 Å². The zero-order valence-corrected chi connectivity index (χ0v) is 15.9. The van der Waals surface area contributed by atoms with Gasteiger partial charge in [-0.1, -0.05) is 19.1 Å². The summed E-state index contributed by atoms with van der Waals surface area (Å²) in [6, 6.07) is 14.1. The summed E-state index contributed by atoms with van der Waals surface area (Å²) in [5.74, 6) is 0.106. The van der Waals surface area contributed by atoms with E-state index >= 15 is 0 Å². The summed E-state index contributed by atoms with van der Waals surface area (Å²) >= 11 is 0. The van der Waals surface area contributed by atoms with E-state index in [4.69, 9.17) is 14.2 Å². The highest BCUT2D eigenvalue weighted by Crippen LogP contribution is 2.15. The third-order valence-corrected chi connectivity index (χ3v) is 3.83. The number of anilines is 1. The molecule has 6 heteroatoms. The first kappa shape index (κ1) is 20.5. The van der Waals surface area contributed by atoms with Crippen molar-refractivity contribution in [2.24, 2.45) is 0 Å². The van der Waals surface area contributed by atoms with Gasteiger partial charge in [0.15, 0.2) is 0 Å². The molecular formula is C21H25NO5. The van der Waals surface area contributed by atoms with Crippen molar-refractivity contribution in [2.75, 3.05) is 19.0 Å². The zero-order valence-electron chi connectivity index (χ0n) is 15.9. The van der Waals surface area contributed by atoms with Crippen molar-refractivity contribution in [1.29, 1.82) is 0 Å². The lowest BCUT2D eigenvalue weighted by atomic mass is 10.2. The predicted molar refractivity (Wildman–Crippen MR) is 103 cm³/mol. The maximum Gasteiger partial charge on any atom is 0.338 e. The molecule has 0 aliphatic heterocycles. The van der Waals surface area contributed by atoms with Crippen LogP contribution in [0, 0.1) is 0 Å². The number of amides is 1. The molecule has 27 heavy (non-hydrogen) atoms. The molecule has 1 N–H and O–H groups in total. The maximum atomic E-state index is 12.3. The van der Waals surface area contributed by atoms with Gasteiger partial charge < -0.3 is 19.5 Å². The second-order valence-corrected chi connectivity index (χ2v) is 6.01. The van der Waals surface area contributed by atoms with E-state index in [0.717, 1.165) is 17.7 Å². The molecule has 2 aromatic carbocycles. The summed E-state index contributed by atoms with van der Waals surface area (Å²) in [5.41, 5.74) is 1.96. The Morgan fingerprint density at radius 2 is 1.85 bits per heavy atom. The summed E-state index contributed by atoms with van der Waals surface area (Å²) in [4.78, 5) is 24.0. The largest absolute Gasteiger partial charge is 0.497 e. The third-order valence-electron chi connectivity index (χ3n) is 3.83.